The number of carbonyl (C=O) groups excluding carboxylic acids is 1. The summed E-state index contributed by atoms with van der Waals surface area (Å²) in [7, 11) is 0. The van der Waals surface area contributed by atoms with Crippen molar-refractivity contribution in [3.8, 4) is 0 Å². The number of amides is 2. The van der Waals surface area contributed by atoms with Crippen LogP contribution in [0.25, 0.3) is 0 Å². The molecule has 0 saturated carbocycles. The first-order valence-corrected chi connectivity index (χ1v) is 7.97. The van der Waals surface area contributed by atoms with Gasteiger partial charge in [0.15, 0.2) is 0 Å². The van der Waals surface area contributed by atoms with Crippen LogP contribution in [0.4, 0.5) is 4.79 Å². The molecule has 1 aliphatic rings. The van der Waals surface area contributed by atoms with Crippen LogP contribution in [-0.4, -0.2) is 34.8 Å². The molecule has 1 fully saturated rings. The number of carbonyl (C=O) groups is 1. The third kappa shape index (κ3) is 3.63. The quantitative estimate of drug-likeness (QED) is 0.790. The van der Waals surface area contributed by atoms with E-state index in [1.807, 2.05) is 18.4 Å². The second kappa shape index (κ2) is 5.95. The van der Waals surface area contributed by atoms with Gasteiger partial charge >= 0.3 is 6.03 Å². The van der Waals surface area contributed by atoms with Crippen molar-refractivity contribution in [2.75, 3.05) is 18.1 Å². The Morgan fingerprint density at radius 2 is 2.39 bits per heavy atom. The molecular formula is C12H18N2O2S2. The number of aliphatic hydroxyl groups is 1. The van der Waals surface area contributed by atoms with E-state index in [-0.39, 0.29) is 6.03 Å². The fraction of sp³-hybridized carbons (Fsp3) is 0.583. The summed E-state index contributed by atoms with van der Waals surface area (Å²) in [6.45, 7) is 2.90. The summed E-state index contributed by atoms with van der Waals surface area (Å²) in [6.07, 6.45) is 0.752. The Hall–Kier alpha value is -0.720. The summed E-state index contributed by atoms with van der Waals surface area (Å²) in [5.74, 6) is 1.67. The van der Waals surface area contributed by atoms with Gasteiger partial charge in [-0.3, -0.25) is 0 Å². The maximum atomic E-state index is 11.6. The lowest BCUT2D eigenvalue weighted by Gasteiger charge is -2.21. The van der Waals surface area contributed by atoms with E-state index in [0.29, 0.717) is 18.8 Å². The number of urea groups is 1. The molecule has 1 aromatic heterocycles. The fourth-order valence-electron chi connectivity index (χ4n) is 1.79. The Bertz CT molecular complexity index is 414. The lowest BCUT2D eigenvalue weighted by Crippen LogP contribution is -2.46. The Balaban J connectivity index is 1.71. The topological polar surface area (TPSA) is 61.4 Å². The molecule has 3 N–H and O–H groups in total. The number of hydrogen-bond acceptors (Lipinski definition) is 4. The summed E-state index contributed by atoms with van der Waals surface area (Å²) in [6, 6.07) is 1.83. The number of thiophene rings is 1. The average Bonchev–Trinajstić information content (AvgIpc) is 2.94. The van der Waals surface area contributed by atoms with E-state index in [2.05, 4.69) is 10.6 Å². The van der Waals surface area contributed by atoms with Crippen molar-refractivity contribution in [3.05, 3.63) is 21.9 Å². The molecule has 1 aliphatic heterocycles. The first kappa shape index (κ1) is 13.7. The SMILES string of the molecule is Cc1ccsc1CNC(=O)NC[C@]1(O)CCSC1. The first-order valence-electron chi connectivity index (χ1n) is 5.94. The van der Waals surface area contributed by atoms with E-state index < -0.39 is 5.60 Å². The molecule has 0 radical (unpaired) electrons. The molecule has 2 heterocycles. The van der Waals surface area contributed by atoms with Crippen molar-refractivity contribution < 1.29 is 9.90 Å². The zero-order valence-corrected chi connectivity index (χ0v) is 12.0. The molecular weight excluding hydrogens is 268 g/mol. The minimum Gasteiger partial charge on any atom is -0.387 e. The average molecular weight is 286 g/mol. The van der Waals surface area contributed by atoms with Gasteiger partial charge in [0.25, 0.3) is 0 Å². The molecule has 18 heavy (non-hydrogen) atoms. The van der Waals surface area contributed by atoms with E-state index in [4.69, 9.17) is 0 Å². The van der Waals surface area contributed by atoms with Crippen LogP contribution < -0.4 is 10.6 Å². The van der Waals surface area contributed by atoms with Gasteiger partial charge in [-0.15, -0.1) is 11.3 Å². The highest BCUT2D eigenvalue weighted by molar-refractivity contribution is 7.99. The summed E-state index contributed by atoms with van der Waals surface area (Å²) in [5.41, 5.74) is 0.479. The highest BCUT2D eigenvalue weighted by Gasteiger charge is 2.31. The van der Waals surface area contributed by atoms with Gasteiger partial charge in [0.2, 0.25) is 0 Å². The summed E-state index contributed by atoms with van der Waals surface area (Å²) >= 11 is 3.36. The Labute approximate surface area is 115 Å². The largest absolute Gasteiger partial charge is 0.387 e. The van der Waals surface area contributed by atoms with Crippen molar-refractivity contribution >= 4 is 29.1 Å². The third-order valence-corrected chi connectivity index (χ3v) is 5.30. The number of rotatable bonds is 4. The monoisotopic (exact) mass is 286 g/mol. The van der Waals surface area contributed by atoms with Gasteiger partial charge < -0.3 is 15.7 Å². The highest BCUT2D eigenvalue weighted by Crippen LogP contribution is 2.26. The van der Waals surface area contributed by atoms with Crippen LogP contribution in [0.15, 0.2) is 11.4 Å². The van der Waals surface area contributed by atoms with E-state index in [1.165, 1.54) is 10.4 Å². The molecule has 0 aliphatic carbocycles. The molecule has 4 nitrogen and oxygen atoms in total. The van der Waals surface area contributed by atoms with Crippen LogP contribution in [0.2, 0.25) is 0 Å². The smallest absolute Gasteiger partial charge is 0.315 e. The minimum atomic E-state index is -0.721. The van der Waals surface area contributed by atoms with Crippen molar-refractivity contribution in [2.24, 2.45) is 0 Å². The van der Waals surface area contributed by atoms with Gasteiger partial charge in [0.05, 0.1) is 12.1 Å². The summed E-state index contributed by atoms with van der Waals surface area (Å²) < 4.78 is 0. The van der Waals surface area contributed by atoms with Gasteiger partial charge in [-0.05, 0) is 36.1 Å². The van der Waals surface area contributed by atoms with Crippen LogP contribution in [0, 0.1) is 6.92 Å². The minimum absolute atomic E-state index is 0.215. The second-order valence-electron chi connectivity index (χ2n) is 4.59. The van der Waals surface area contributed by atoms with Crippen molar-refractivity contribution in [1.29, 1.82) is 0 Å². The molecule has 2 rings (SSSR count). The molecule has 0 bridgehead atoms. The van der Waals surface area contributed by atoms with Crippen molar-refractivity contribution in [3.63, 3.8) is 0 Å². The third-order valence-electron chi connectivity index (χ3n) is 3.04. The van der Waals surface area contributed by atoms with Crippen molar-refractivity contribution in [1.82, 2.24) is 10.6 Å². The molecule has 0 spiro atoms. The molecule has 1 aromatic rings. The predicted octanol–water partition coefficient (Wildman–Crippen LogP) is 1.72. The Kier molecular flexibility index (Phi) is 4.53. The maximum absolute atomic E-state index is 11.6. The van der Waals surface area contributed by atoms with Crippen LogP contribution in [0.3, 0.4) is 0 Å². The Morgan fingerprint density at radius 3 is 3.00 bits per heavy atom. The lowest BCUT2D eigenvalue weighted by molar-refractivity contribution is 0.0700. The van der Waals surface area contributed by atoms with E-state index in [9.17, 15) is 9.90 Å². The Morgan fingerprint density at radius 1 is 1.56 bits per heavy atom. The van der Waals surface area contributed by atoms with Crippen LogP contribution in [-0.2, 0) is 6.54 Å². The van der Waals surface area contributed by atoms with E-state index in [1.54, 1.807) is 23.1 Å². The van der Waals surface area contributed by atoms with Crippen molar-refractivity contribution in [2.45, 2.75) is 25.5 Å². The number of thioether (sulfide) groups is 1. The van der Waals surface area contributed by atoms with Gasteiger partial charge in [-0.1, -0.05) is 0 Å². The normalized spacial score (nSPS) is 23.0. The second-order valence-corrected chi connectivity index (χ2v) is 6.70. The molecule has 2 amide bonds. The molecule has 6 heteroatoms. The van der Waals surface area contributed by atoms with Gasteiger partial charge in [-0.2, -0.15) is 11.8 Å². The zero-order chi connectivity index (χ0) is 13.0. The van der Waals surface area contributed by atoms with Gasteiger partial charge in [0, 0.05) is 17.2 Å². The number of aryl methyl sites for hydroxylation is 1. The van der Waals surface area contributed by atoms with Gasteiger partial charge in [-0.25, -0.2) is 4.79 Å². The molecule has 1 atom stereocenters. The molecule has 0 aromatic carbocycles. The van der Waals surface area contributed by atoms with E-state index >= 15 is 0 Å². The standard InChI is InChI=1S/C12H18N2O2S2/c1-9-2-4-18-10(9)6-13-11(15)14-7-12(16)3-5-17-8-12/h2,4,16H,3,5-8H2,1H3,(H2,13,14,15)/t12-/m1/s1. The molecule has 1 saturated heterocycles. The van der Waals surface area contributed by atoms with Crippen LogP contribution in [0.5, 0.6) is 0 Å². The number of hydrogen-bond donors (Lipinski definition) is 3. The van der Waals surface area contributed by atoms with Gasteiger partial charge in [0.1, 0.15) is 0 Å². The van der Waals surface area contributed by atoms with E-state index in [0.717, 1.165) is 12.2 Å². The predicted molar refractivity (Wildman–Crippen MR) is 76.2 cm³/mol. The first-order chi connectivity index (χ1) is 8.59. The maximum Gasteiger partial charge on any atom is 0.315 e. The molecule has 0 unspecified atom stereocenters. The zero-order valence-electron chi connectivity index (χ0n) is 10.4. The lowest BCUT2D eigenvalue weighted by atomic mass is 10.0. The summed E-state index contributed by atoms with van der Waals surface area (Å²) in [5, 5.41) is 17.6. The fourth-order valence-corrected chi connectivity index (χ4v) is 3.93. The molecule has 100 valence electrons. The number of nitrogens with one attached hydrogen (secondary N) is 2. The van der Waals surface area contributed by atoms with Crippen LogP contribution in [0.1, 0.15) is 16.9 Å². The summed E-state index contributed by atoms with van der Waals surface area (Å²) in [4.78, 5) is 12.8. The van der Waals surface area contributed by atoms with Crippen LogP contribution >= 0.6 is 23.1 Å². The highest BCUT2D eigenvalue weighted by atomic mass is 32.2.